The van der Waals surface area contributed by atoms with E-state index in [0.717, 1.165) is 0 Å². The van der Waals surface area contributed by atoms with Gasteiger partial charge < -0.3 is 4.57 Å². The van der Waals surface area contributed by atoms with Crippen molar-refractivity contribution in [3.05, 3.63) is 34.3 Å². The molecule has 0 saturated carbocycles. The van der Waals surface area contributed by atoms with E-state index < -0.39 is 0 Å². The van der Waals surface area contributed by atoms with Crippen molar-refractivity contribution >= 4 is 27.5 Å². The molecular formula is C11H10BrClFN3. The largest absolute Gasteiger partial charge is 0.310 e. The summed E-state index contributed by atoms with van der Waals surface area (Å²) < 4.78 is 16.3. The van der Waals surface area contributed by atoms with E-state index in [1.807, 2.05) is 6.92 Å². The second-order valence-electron chi connectivity index (χ2n) is 3.41. The van der Waals surface area contributed by atoms with Crippen LogP contribution in [0.3, 0.4) is 0 Å². The normalized spacial score (nSPS) is 10.8. The number of rotatable bonds is 3. The molecule has 0 aliphatic carbocycles. The van der Waals surface area contributed by atoms with Crippen LogP contribution in [0.1, 0.15) is 12.7 Å². The first-order chi connectivity index (χ1) is 8.19. The van der Waals surface area contributed by atoms with Gasteiger partial charge in [0.15, 0.2) is 5.82 Å². The Hall–Kier alpha value is -0.940. The highest BCUT2D eigenvalue weighted by molar-refractivity contribution is 9.10. The van der Waals surface area contributed by atoms with Crippen molar-refractivity contribution in [3.63, 3.8) is 0 Å². The fourth-order valence-corrected chi connectivity index (χ4v) is 2.38. The number of alkyl halides is 1. The molecule has 1 heterocycles. The molecule has 0 saturated heterocycles. The van der Waals surface area contributed by atoms with Crippen molar-refractivity contribution in [3.8, 4) is 11.4 Å². The Morgan fingerprint density at radius 1 is 1.41 bits per heavy atom. The summed E-state index contributed by atoms with van der Waals surface area (Å²) in [7, 11) is 0. The molecule has 0 amide bonds. The van der Waals surface area contributed by atoms with E-state index >= 15 is 0 Å². The number of hydrogen-bond acceptors (Lipinski definition) is 2. The Balaban J connectivity index is 2.64. The minimum atomic E-state index is -0.331. The topological polar surface area (TPSA) is 30.7 Å². The van der Waals surface area contributed by atoms with Crippen LogP contribution in [0.4, 0.5) is 4.39 Å². The zero-order valence-electron chi connectivity index (χ0n) is 9.12. The highest BCUT2D eigenvalue weighted by Crippen LogP contribution is 2.30. The summed E-state index contributed by atoms with van der Waals surface area (Å²) in [4.78, 5) is 0. The van der Waals surface area contributed by atoms with Gasteiger partial charge in [-0.1, -0.05) is 6.07 Å². The van der Waals surface area contributed by atoms with E-state index in [2.05, 4.69) is 26.1 Å². The summed E-state index contributed by atoms with van der Waals surface area (Å²) >= 11 is 9.09. The summed E-state index contributed by atoms with van der Waals surface area (Å²) in [5.74, 6) is 1.06. The van der Waals surface area contributed by atoms with E-state index in [9.17, 15) is 4.39 Å². The molecule has 1 aromatic heterocycles. The molecule has 17 heavy (non-hydrogen) atoms. The maximum absolute atomic E-state index is 13.8. The fourth-order valence-electron chi connectivity index (χ4n) is 1.66. The Kier molecular flexibility index (Phi) is 3.79. The Morgan fingerprint density at radius 3 is 2.76 bits per heavy atom. The van der Waals surface area contributed by atoms with Crippen LogP contribution >= 0.6 is 27.5 Å². The van der Waals surface area contributed by atoms with Gasteiger partial charge in [-0.15, -0.1) is 21.8 Å². The van der Waals surface area contributed by atoms with Gasteiger partial charge >= 0.3 is 0 Å². The van der Waals surface area contributed by atoms with Gasteiger partial charge in [-0.2, -0.15) is 0 Å². The van der Waals surface area contributed by atoms with Crippen LogP contribution in [0.5, 0.6) is 0 Å². The average Bonchev–Trinajstić information content (AvgIpc) is 2.71. The zero-order valence-corrected chi connectivity index (χ0v) is 11.5. The lowest BCUT2D eigenvalue weighted by atomic mass is 10.2. The van der Waals surface area contributed by atoms with Gasteiger partial charge in [0.05, 0.1) is 11.4 Å². The molecule has 0 N–H and O–H groups in total. The smallest absolute Gasteiger partial charge is 0.168 e. The van der Waals surface area contributed by atoms with E-state index in [1.54, 1.807) is 16.7 Å². The van der Waals surface area contributed by atoms with Crippen LogP contribution in [0, 0.1) is 5.82 Å². The molecule has 2 aromatic rings. The van der Waals surface area contributed by atoms with Crippen LogP contribution in [0.25, 0.3) is 11.4 Å². The van der Waals surface area contributed by atoms with E-state index in [0.29, 0.717) is 28.2 Å². The minimum Gasteiger partial charge on any atom is -0.310 e. The minimum absolute atomic E-state index is 0.257. The first-order valence-corrected chi connectivity index (χ1v) is 6.44. The number of aromatic nitrogens is 3. The van der Waals surface area contributed by atoms with E-state index in [1.165, 1.54) is 6.07 Å². The van der Waals surface area contributed by atoms with Gasteiger partial charge in [-0.3, -0.25) is 0 Å². The first kappa shape index (κ1) is 12.5. The second kappa shape index (κ2) is 5.14. The first-order valence-electron chi connectivity index (χ1n) is 5.11. The van der Waals surface area contributed by atoms with Crippen LogP contribution in [0.2, 0.25) is 0 Å². The molecule has 0 unspecified atom stereocenters. The maximum Gasteiger partial charge on any atom is 0.168 e. The second-order valence-corrected chi connectivity index (χ2v) is 4.54. The average molecular weight is 319 g/mol. The molecule has 0 atom stereocenters. The number of halogens is 3. The van der Waals surface area contributed by atoms with Crippen LogP contribution in [0.15, 0.2) is 22.7 Å². The van der Waals surface area contributed by atoms with Gasteiger partial charge in [0.2, 0.25) is 0 Å². The SMILES string of the molecule is CCn1c(CCl)nnc1-c1c(F)cccc1Br. The lowest BCUT2D eigenvalue weighted by Crippen LogP contribution is -2.03. The summed E-state index contributed by atoms with van der Waals surface area (Å²) in [6.07, 6.45) is 0. The molecule has 0 fully saturated rings. The summed E-state index contributed by atoms with van der Waals surface area (Å²) in [6.45, 7) is 2.59. The van der Waals surface area contributed by atoms with Crippen molar-refractivity contribution in [1.82, 2.24) is 14.8 Å². The van der Waals surface area contributed by atoms with Crippen molar-refractivity contribution < 1.29 is 4.39 Å². The Bertz CT molecular complexity index is 521. The third kappa shape index (κ3) is 2.21. The predicted molar refractivity (Wildman–Crippen MR) is 68.3 cm³/mol. The number of benzene rings is 1. The zero-order chi connectivity index (χ0) is 12.4. The highest BCUT2D eigenvalue weighted by atomic mass is 79.9. The molecular weight excluding hydrogens is 308 g/mol. The van der Waals surface area contributed by atoms with E-state index in [-0.39, 0.29) is 11.7 Å². The maximum atomic E-state index is 13.8. The van der Waals surface area contributed by atoms with Crippen molar-refractivity contribution in [1.29, 1.82) is 0 Å². The molecule has 1 aromatic carbocycles. The van der Waals surface area contributed by atoms with Gasteiger partial charge in [0, 0.05) is 11.0 Å². The van der Waals surface area contributed by atoms with Crippen LogP contribution in [-0.4, -0.2) is 14.8 Å². The molecule has 0 radical (unpaired) electrons. The quantitative estimate of drug-likeness (QED) is 0.810. The van der Waals surface area contributed by atoms with Crippen molar-refractivity contribution in [2.75, 3.05) is 0 Å². The molecule has 6 heteroatoms. The molecule has 2 rings (SSSR count). The van der Waals surface area contributed by atoms with Crippen LogP contribution < -0.4 is 0 Å². The standard InChI is InChI=1S/C11H10BrClFN3/c1-2-17-9(6-13)15-16-11(17)10-7(12)4-3-5-8(10)14/h3-5H,2,6H2,1H3. The molecule has 0 bridgehead atoms. The van der Waals surface area contributed by atoms with Gasteiger partial charge in [0.1, 0.15) is 11.6 Å². The monoisotopic (exact) mass is 317 g/mol. The fraction of sp³-hybridized carbons (Fsp3) is 0.273. The molecule has 0 aliphatic rings. The third-order valence-corrected chi connectivity index (χ3v) is 3.35. The van der Waals surface area contributed by atoms with Gasteiger partial charge in [-0.25, -0.2) is 4.39 Å². The summed E-state index contributed by atoms with van der Waals surface area (Å²) in [5.41, 5.74) is 0.415. The predicted octanol–water partition coefficient (Wildman–Crippen LogP) is 3.61. The van der Waals surface area contributed by atoms with Gasteiger partial charge in [-0.05, 0) is 35.0 Å². The molecule has 90 valence electrons. The Morgan fingerprint density at radius 2 is 2.18 bits per heavy atom. The lowest BCUT2D eigenvalue weighted by Gasteiger charge is -2.08. The number of nitrogens with zero attached hydrogens (tertiary/aromatic N) is 3. The summed E-state index contributed by atoms with van der Waals surface area (Å²) in [6, 6.07) is 4.81. The Labute approximate surface area is 112 Å². The molecule has 0 aliphatic heterocycles. The van der Waals surface area contributed by atoms with Crippen molar-refractivity contribution in [2.45, 2.75) is 19.3 Å². The number of hydrogen-bond donors (Lipinski definition) is 0. The molecule has 3 nitrogen and oxygen atoms in total. The van der Waals surface area contributed by atoms with Crippen LogP contribution in [-0.2, 0) is 12.4 Å². The highest BCUT2D eigenvalue weighted by Gasteiger charge is 2.17. The summed E-state index contributed by atoms with van der Waals surface area (Å²) in [5, 5.41) is 7.97. The van der Waals surface area contributed by atoms with E-state index in [4.69, 9.17) is 11.6 Å². The third-order valence-electron chi connectivity index (χ3n) is 2.45. The van der Waals surface area contributed by atoms with Crippen molar-refractivity contribution in [2.24, 2.45) is 0 Å². The lowest BCUT2D eigenvalue weighted by molar-refractivity contribution is 0.625. The molecule has 0 spiro atoms. The van der Waals surface area contributed by atoms with Gasteiger partial charge in [0.25, 0.3) is 0 Å².